The number of aliphatic hydroxyl groups is 3. The molecule has 0 saturated heterocycles. The van der Waals surface area contributed by atoms with Gasteiger partial charge < -0.3 is 25.3 Å². The second-order valence-electron chi connectivity index (χ2n) is 6.89. The summed E-state index contributed by atoms with van der Waals surface area (Å²) in [4.78, 5) is 8.29. The lowest BCUT2D eigenvalue weighted by atomic mass is 9.92. The molecule has 28 heavy (non-hydrogen) atoms. The van der Waals surface area contributed by atoms with Crippen molar-refractivity contribution in [1.82, 2.24) is 14.5 Å². The number of hydrogen-bond donors (Lipinski definition) is 5. The van der Waals surface area contributed by atoms with E-state index in [4.69, 9.17) is 17.4 Å². The zero-order chi connectivity index (χ0) is 20.0. The molecule has 1 saturated carbocycles. The van der Waals surface area contributed by atoms with Crippen LogP contribution >= 0.6 is 11.6 Å². The molecular weight excluding hydrogens is 389 g/mol. The highest BCUT2D eigenvalue weighted by Crippen LogP contribution is 2.43. The number of hydrazine groups is 1. The molecule has 0 aliphatic heterocycles. The third-order valence-corrected chi connectivity index (χ3v) is 5.68. The normalized spacial score (nSPS) is 25.9. The lowest BCUT2D eigenvalue weighted by Crippen LogP contribution is -2.31. The van der Waals surface area contributed by atoms with Crippen molar-refractivity contribution in [3.63, 3.8) is 0 Å². The van der Waals surface area contributed by atoms with Crippen LogP contribution in [0.5, 0.6) is 0 Å². The molecule has 2 heterocycles. The van der Waals surface area contributed by atoms with Crippen molar-refractivity contribution < 1.29 is 19.7 Å². The first-order valence-corrected chi connectivity index (χ1v) is 9.07. The molecule has 0 spiro atoms. The zero-order valence-corrected chi connectivity index (χ0v) is 15.3. The molecule has 0 amide bonds. The van der Waals surface area contributed by atoms with E-state index in [9.17, 15) is 19.7 Å². The van der Waals surface area contributed by atoms with Gasteiger partial charge in [-0.25, -0.2) is 20.2 Å². The molecule has 0 unspecified atom stereocenters. The van der Waals surface area contributed by atoms with E-state index in [1.165, 1.54) is 18.5 Å². The Morgan fingerprint density at radius 3 is 2.75 bits per heavy atom. The van der Waals surface area contributed by atoms with Gasteiger partial charge in [0.25, 0.3) is 0 Å². The highest BCUT2D eigenvalue weighted by atomic mass is 35.5. The predicted molar refractivity (Wildman–Crippen MR) is 101 cm³/mol. The summed E-state index contributed by atoms with van der Waals surface area (Å²) in [5.41, 5.74) is 3.41. The van der Waals surface area contributed by atoms with Gasteiger partial charge in [0.05, 0.1) is 28.7 Å². The number of aromatic nitrogens is 3. The van der Waals surface area contributed by atoms with E-state index in [0.29, 0.717) is 22.4 Å². The van der Waals surface area contributed by atoms with Crippen molar-refractivity contribution in [1.29, 1.82) is 0 Å². The van der Waals surface area contributed by atoms with Gasteiger partial charge in [0.1, 0.15) is 23.9 Å². The maximum absolute atomic E-state index is 13.4. The minimum absolute atomic E-state index is 0.115. The summed E-state index contributed by atoms with van der Waals surface area (Å²) in [7, 11) is 0. The number of nitrogen functional groups attached to an aromatic ring is 1. The Bertz CT molecular complexity index is 1020. The monoisotopic (exact) mass is 407 g/mol. The molecule has 10 heteroatoms. The quantitative estimate of drug-likeness (QED) is 0.327. The first-order chi connectivity index (χ1) is 13.4. The number of nitrogens with one attached hydrogen (secondary N) is 1. The molecule has 6 N–H and O–H groups in total. The van der Waals surface area contributed by atoms with Crippen LogP contribution in [0.25, 0.3) is 11.0 Å². The first kappa shape index (κ1) is 19.0. The number of aliphatic hydroxyl groups excluding tert-OH is 3. The van der Waals surface area contributed by atoms with Gasteiger partial charge in [0, 0.05) is 12.1 Å². The molecule has 8 nitrogen and oxygen atoms in total. The van der Waals surface area contributed by atoms with Crippen molar-refractivity contribution in [3.8, 4) is 0 Å². The fraction of sp³-hybridized carbons (Fsp3) is 0.333. The molecule has 3 aromatic rings. The van der Waals surface area contributed by atoms with Crippen molar-refractivity contribution >= 4 is 28.5 Å². The van der Waals surface area contributed by atoms with Crippen LogP contribution in [-0.4, -0.2) is 42.1 Å². The van der Waals surface area contributed by atoms with Gasteiger partial charge >= 0.3 is 0 Å². The Morgan fingerprint density at radius 2 is 2.04 bits per heavy atom. The zero-order valence-electron chi connectivity index (χ0n) is 14.6. The maximum atomic E-state index is 13.4. The van der Waals surface area contributed by atoms with Crippen LogP contribution in [0.3, 0.4) is 0 Å². The predicted octanol–water partition coefficient (Wildman–Crippen LogP) is 1.53. The van der Waals surface area contributed by atoms with E-state index >= 15 is 0 Å². The third-order valence-electron chi connectivity index (χ3n) is 5.39. The van der Waals surface area contributed by atoms with Gasteiger partial charge in [0.2, 0.25) is 0 Å². The van der Waals surface area contributed by atoms with E-state index in [-0.39, 0.29) is 11.4 Å². The molecule has 1 fully saturated rings. The minimum Gasteiger partial charge on any atom is -0.390 e. The van der Waals surface area contributed by atoms with Crippen LogP contribution in [0, 0.1) is 11.7 Å². The average Bonchev–Trinajstić information content (AvgIpc) is 3.25. The highest BCUT2D eigenvalue weighted by Gasteiger charge is 2.46. The Hall–Kier alpha value is -2.30. The molecule has 0 radical (unpaired) electrons. The number of rotatable bonds is 4. The smallest absolute Gasteiger partial charge is 0.152 e. The van der Waals surface area contributed by atoms with Crippen molar-refractivity contribution in [2.24, 2.45) is 11.8 Å². The Balaban J connectivity index is 1.65. The van der Waals surface area contributed by atoms with Gasteiger partial charge in [-0.15, -0.1) is 0 Å². The van der Waals surface area contributed by atoms with Gasteiger partial charge in [0.15, 0.2) is 5.82 Å². The van der Waals surface area contributed by atoms with E-state index in [2.05, 4.69) is 15.4 Å². The molecule has 0 bridgehead atoms. The fourth-order valence-corrected chi connectivity index (χ4v) is 4.12. The molecule has 1 aliphatic rings. The molecular formula is C18H19ClFN5O3. The molecule has 4 rings (SSSR count). The average molecular weight is 408 g/mol. The summed E-state index contributed by atoms with van der Waals surface area (Å²) in [5.74, 6) is 4.64. The van der Waals surface area contributed by atoms with Crippen LogP contribution in [-0.2, 0) is 0 Å². The summed E-state index contributed by atoms with van der Waals surface area (Å²) in [5, 5.41) is 32.5. The number of hydrogen-bond acceptors (Lipinski definition) is 7. The van der Waals surface area contributed by atoms with Gasteiger partial charge in [-0.2, -0.15) is 0 Å². The molecule has 2 aromatic heterocycles. The Labute approximate surface area is 164 Å². The number of benzene rings is 1. The Morgan fingerprint density at radius 1 is 1.25 bits per heavy atom. The minimum atomic E-state index is -1.18. The first-order valence-electron chi connectivity index (χ1n) is 8.69. The summed E-state index contributed by atoms with van der Waals surface area (Å²) in [6.45, 7) is 0. The van der Waals surface area contributed by atoms with Crippen LogP contribution in [0.2, 0.25) is 5.02 Å². The summed E-state index contributed by atoms with van der Waals surface area (Å²) in [6.07, 6.45) is -0.0863. The van der Waals surface area contributed by atoms with Crippen molar-refractivity contribution in [2.75, 3.05) is 5.43 Å². The second-order valence-corrected chi connectivity index (χ2v) is 7.30. The maximum Gasteiger partial charge on any atom is 0.152 e. The van der Waals surface area contributed by atoms with E-state index in [1.807, 2.05) is 0 Å². The number of anilines is 1. The lowest BCUT2D eigenvalue weighted by Gasteiger charge is -2.22. The lowest BCUT2D eigenvalue weighted by molar-refractivity contribution is -0.0264. The van der Waals surface area contributed by atoms with Gasteiger partial charge in [-0.1, -0.05) is 17.7 Å². The van der Waals surface area contributed by atoms with E-state index in [0.717, 1.165) is 6.07 Å². The largest absolute Gasteiger partial charge is 0.390 e. The standard InChI is InChI=1S/C18H19ClFN5O3/c19-11-5-8(1-2-12(11)20)14(26)10-6-13(16(28)15(10)27)25-4-3-9-17(24-21)22-7-23-18(9)25/h1-5,7,10,13-16,26-28H,6,21H2,(H,22,23,24)/t10-,13-,14-,15-,16+/m1/s1. The fourth-order valence-electron chi connectivity index (χ4n) is 3.93. The summed E-state index contributed by atoms with van der Waals surface area (Å²) >= 11 is 5.80. The van der Waals surface area contributed by atoms with Crippen molar-refractivity contribution in [2.45, 2.75) is 30.8 Å². The van der Waals surface area contributed by atoms with Crippen LogP contribution in [0.15, 0.2) is 36.8 Å². The second kappa shape index (κ2) is 7.26. The molecule has 1 aromatic carbocycles. The number of nitrogens with zero attached hydrogens (tertiary/aromatic N) is 3. The SMILES string of the molecule is NNc1ncnc2c1ccn2[C@@H]1C[C@H]([C@H](O)c2ccc(F)c(Cl)c2)[C@@H](O)[C@H]1O. The molecule has 148 valence electrons. The van der Waals surface area contributed by atoms with E-state index < -0.39 is 36.1 Å². The topological polar surface area (TPSA) is 129 Å². The summed E-state index contributed by atoms with van der Waals surface area (Å²) < 4.78 is 15.1. The number of fused-ring (bicyclic) bond motifs is 1. The van der Waals surface area contributed by atoms with E-state index in [1.54, 1.807) is 16.8 Å². The van der Waals surface area contributed by atoms with Crippen LogP contribution < -0.4 is 11.3 Å². The highest BCUT2D eigenvalue weighted by molar-refractivity contribution is 6.30. The van der Waals surface area contributed by atoms with Crippen LogP contribution in [0.4, 0.5) is 10.2 Å². The summed E-state index contributed by atoms with van der Waals surface area (Å²) in [6, 6.07) is 5.13. The third kappa shape index (κ3) is 3.01. The van der Waals surface area contributed by atoms with Gasteiger partial charge in [-0.3, -0.25) is 0 Å². The molecule has 5 atom stereocenters. The van der Waals surface area contributed by atoms with Crippen LogP contribution in [0.1, 0.15) is 24.1 Å². The number of nitrogens with two attached hydrogens (primary N) is 1. The Kier molecular flexibility index (Phi) is 4.94. The van der Waals surface area contributed by atoms with Crippen molar-refractivity contribution in [3.05, 3.63) is 53.2 Å². The molecule has 1 aliphatic carbocycles. The number of halogens is 2. The van der Waals surface area contributed by atoms with Gasteiger partial charge in [-0.05, 0) is 30.2 Å².